The van der Waals surface area contributed by atoms with Crippen molar-refractivity contribution >= 4 is 17.5 Å². The molecule has 12 heteroatoms. The molecule has 0 spiro atoms. The zero-order valence-electron chi connectivity index (χ0n) is 17.6. The Labute approximate surface area is 194 Å². The fraction of sp³-hybridized carbons (Fsp3) is 0.174. The number of carbonyl (C=O) groups excluding carboxylic acids is 2. The van der Waals surface area contributed by atoms with E-state index in [1.807, 2.05) is 0 Å². The number of carbonyl (C=O) groups is 2. The van der Waals surface area contributed by atoms with Crippen LogP contribution in [0.25, 0.3) is 0 Å². The Hall–Kier alpha value is -4.35. The molecule has 180 valence electrons. The van der Waals surface area contributed by atoms with Gasteiger partial charge in [-0.3, -0.25) is 14.4 Å². The number of hydrogen-bond donors (Lipinski definition) is 2. The van der Waals surface area contributed by atoms with E-state index in [9.17, 15) is 37.1 Å². The van der Waals surface area contributed by atoms with Crippen molar-refractivity contribution in [1.82, 2.24) is 9.88 Å². The Kier molecular flexibility index (Phi) is 5.23. The summed E-state index contributed by atoms with van der Waals surface area (Å²) in [6.07, 6.45) is 1.06. The largest absolute Gasteiger partial charge is 0.503 e. The molecule has 1 unspecified atom stereocenters. The molecule has 2 N–H and O–H groups in total. The maximum Gasteiger partial charge on any atom is 0.279 e. The normalized spacial score (nSPS) is 16.2. The fourth-order valence-electron chi connectivity index (χ4n) is 4.10. The van der Waals surface area contributed by atoms with E-state index in [-0.39, 0.29) is 36.7 Å². The van der Waals surface area contributed by atoms with Crippen molar-refractivity contribution in [3.05, 3.63) is 86.8 Å². The first kappa shape index (κ1) is 22.4. The first-order valence-corrected chi connectivity index (χ1v) is 10.3. The minimum Gasteiger partial charge on any atom is -0.503 e. The van der Waals surface area contributed by atoms with Crippen LogP contribution in [0.4, 0.5) is 23.2 Å². The summed E-state index contributed by atoms with van der Waals surface area (Å²) in [5.74, 6) is -7.06. The molecule has 2 aromatic carbocycles. The number of halogens is 4. The lowest BCUT2D eigenvalue weighted by molar-refractivity contribution is 0.0926. The van der Waals surface area contributed by atoms with Crippen molar-refractivity contribution < 1.29 is 37.0 Å². The number of nitrogens with zero attached hydrogens (tertiary/aromatic N) is 2. The molecule has 2 aliphatic rings. The van der Waals surface area contributed by atoms with E-state index in [0.717, 1.165) is 35.4 Å². The van der Waals surface area contributed by atoms with Crippen LogP contribution in [0.3, 0.4) is 0 Å². The van der Waals surface area contributed by atoms with Crippen molar-refractivity contribution in [2.45, 2.75) is 12.6 Å². The van der Waals surface area contributed by atoms with Crippen LogP contribution < -0.4 is 20.4 Å². The molecule has 2 aliphatic heterocycles. The van der Waals surface area contributed by atoms with Gasteiger partial charge in [-0.05, 0) is 6.07 Å². The van der Waals surface area contributed by atoms with Gasteiger partial charge in [0, 0.05) is 36.5 Å². The maximum absolute atomic E-state index is 13.9. The van der Waals surface area contributed by atoms with Gasteiger partial charge in [-0.2, -0.15) is 0 Å². The smallest absolute Gasteiger partial charge is 0.279 e. The molecule has 2 bridgehead atoms. The number of aromatic nitrogens is 1. The number of rotatable bonds is 3. The van der Waals surface area contributed by atoms with Crippen molar-refractivity contribution in [2.75, 3.05) is 18.1 Å². The van der Waals surface area contributed by atoms with E-state index < -0.39 is 63.6 Å². The Bertz CT molecular complexity index is 1470. The Morgan fingerprint density at radius 2 is 1.83 bits per heavy atom. The molecule has 0 aliphatic carbocycles. The number of pyridine rings is 1. The summed E-state index contributed by atoms with van der Waals surface area (Å²) in [5.41, 5.74) is -2.25. The molecule has 8 nitrogen and oxygen atoms in total. The van der Waals surface area contributed by atoms with Crippen molar-refractivity contribution in [1.29, 1.82) is 0 Å². The number of nitrogens with one attached hydrogen (secondary N) is 1. The number of hydrogen-bond acceptors (Lipinski definition) is 5. The highest BCUT2D eigenvalue weighted by atomic mass is 19.2. The molecule has 3 heterocycles. The van der Waals surface area contributed by atoms with Crippen LogP contribution in [-0.2, 0) is 6.54 Å². The summed E-state index contributed by atoms with van der Waals surface area (Å²) in [4.78, 5) is 39.6. The minimum absolute atomic E-state index is 0.0396. The molecule has 2 amide bonds. The Balaban J connectivity index is 1.50. The Morgan fingerprint density at radius 3 is 2.57 bits per heavy atom. The lowest BCUT2D eigenvalue weighted by atomic mass is 10.1. The third-order valence-corrected chi connectivity index (χ3v) is 5.87. The molecule has 0 fully saturated rings. The first-order chi connectivity index (χ1) is 16.7. The molecule has 1 aromatic heterocycles. The second-order valence-corrected chi connectivity index (χ2v) is 8.01. The molecule has 35 heavy (non-hydrogen) atoms. The van der Waals surface area contributed by atoms with Gasteiger partial charge in [0.15, 0.2) is 23.1 Å². The van der Waals surface area contributed by atoms with E-state index in [0.29, 0.717) is 6.07 Å². The van der Waals surface area contributed by atoms with E-state index in [2.05, 4.69) is 5.32 Å². The van der Waals surface area contributed by atoms with Crippen molar-refractivity contribution in [2.24, 2.45) is 0 Å². The maximum atomic E-state index is 13.9. The third-order valence-electron chi connectivity index (χ3n) is 5.87. The second-order valence-electron chi connectivity index (χ2n) is 8.01. The van der Waals surface area contributed by atoms with Crippen LogP contribution in [0.1, 0.15) is 32.5 Å². The average molecular weight is 489 g/mol. The van der Waals surface area contributed by atoms with Gasteiger partial charge in [-0.15, -0.1) is 0 Å². The van der Waals surface area contributed by atoms with Crippen LogP contribution in [0.2, 0.25) is 0 Å². The monoisotopic (exact) mass is 489 g/mol. The Morgan fingerprint density at radius 1 is 1.09 bits per heavy atom. The minimum atomic E-state index is -1.21. The summed E-state index contributed by atoms with van der Waals surface area (Å²) < 4.78 is 61.2. The predicted molar refractivity (Wildman–Crippen MR) is 112 cm³/mol. The number of ether oxygens (including phenoxy) is 1. The summed E-state index contributed by atoms with van der Waals surface area (Å²) in [6, 6.07) is 3.62. The van der Waals surface area contributed by atoms with Crippen LogP contribution in [-0.4, -0.2) is 34.6 Å². The lowest BCUT2D eigenvalue weighted by Crippen LogP contribution is -2.45. The molecule has 0 saturated carbocycles. The number of amides is 2. The van der Waals surface area contributed by atoms with Gasteiger partial charge in [0.25, 0.3) is 11.8 Å². The molecule has 0 radical (unpaired) electrons. The highest BCUT2D eigenvalue weighted by Gasteiger charge is 2.39. The van der Waals surface area contributed by atoms with Gasteiger partial charge in [-0.25, -0.2) is 17.6 Å². The summed E-state index contributed by atoms with van der Waals surface area (Å²) in [5, 5.41) is 12.9. The lowest BCUT2D eigenvalue weighted by Gasteiger charge is -2.33. The van der Waals surface area contributed by atoms with Gasteiger partial charge >= 0.3 is 0 Å². The van der Waals surface area contributed by atoms with E-state index in [1.165, 1.54) is 4.57 Å². The van der Waals surface area contributed by atoms with E-state index in [4.69, 9.17) is 4.74 Å². The van der Waals surface area contributed by atoms with Crippen LogP contribution >= 0.6 is 0 Å². The zero-order valence-corrected chi connectivity index (χ0v) is 17.6. The highest BCUT2D eigenvalue weighted by Crippen LogP contribution is 2.39. The second kappa shape index (κ2) is 8.15. The van der Waals surface area contributed by atoms with Crippen LogP contribution in [0.5, 0.6) is 11.5 Å². The van der Waals surface area contributed by atoms with E-state index >= 15 is 0 Å². The van der Waals surface area contributed by atoms with Gasteiger partial charge in [0.2, 0.25) is 5.43 Å². The standard InChI is InChI=1S/C23H15F4N3O5/c24-11-2-1-10(14(25)3-11)6-28-22(33)13-8-29-12-7-30(23(34)19(29)21(32)20(13)31)17-4-15(26)16(27)5-18(17)35-9-12/h1-5,8,12,32H,6-7,9H2,(H,28,33). The molecule has 5 rings (SSSR count). The van der Waals surface area contributed by atoms with Crippen molar-refractivity contribution in [3.8, 4) is 11.5 Å². The molecule has 0 saturated heterocycles. The van der Waals surface area contributed by atoms with Crippen LogP contribution in [0, 0.1) is 23.3 Å². The summed E-state index contributed by atoms with van der Waals surface area (Å²) in [7, 11) is 0. The predicted octanol–water partition coefficient (Wildman–Crippen LogP) is 2.63. The highest BCUT2D eigenvalue weighted by molar-refractivity contribution is 6.09. The molecule has 1 atom stereocenters. The summed E-state index contributed by atoms with van der Waals surface area (Å²) >= 11 is 0. The number of fused-ring (bicyclic) bond motifs is 6. The average Bonchev–Trinajstić information content (AvgIpc) is 2.97. The number of benzene rings is 2. The van der Waals surface area contributed by atoms with Gasteiger partial charge in [0.1, 0.15) is 29.6 Å². The number of anilines is 1. The van der Waals surface area contributed by atoms with Gasteiger partial charge in [0.05, 0.1) is 18.3 Å². The first-order valence-electron chi connectivity index (χ1n) is 10.3. The number of aromatic hydroxyl groups is 1. The molecular formula is C23H15F4N3O5. The summed E-state index contributed by atoms with van der Waals surface area (Å²) in [6.45, 7) is -0.605. The quantitative estimate of drug-likeness (QED) is 0.551. The van der Waals surface area contributed by atoms with Gasteiger partial charge in [-0.1, -0.05) is 6.07 Å². The SMILES string of the molecule is O=C(NCc1ccc(F)cc1F)c1cn2c(c(O)c1=O)C(=O)N1CC2COc2cc(F)c(F)cc21. The van der Waals surface area contributed by atoms with Crippen LogP contribution in [0.15, 0.2) is 41.3 Å². The fourth-order valence-corrected chi connectivity index (χ4v) is 4.10. The molecular weight excluding hydrogens is 474 g/mol. The topological polar surface area (TPSA) is 101 Å². The van der Waals surface area contributed by atoms with Gasteiger partial charge < -0.3 is 24.6 Å². The third kappa shape index (κ3) is 3.66. The zero-order chi connectivity index (χ0) is 25.0. The molecule has 3 aromatic rings. The van der Waals surface area contributed by atoms with Crippen molar-refractivity contribution in [3.63, 3.8) is 0 Å². The van der Waals surface area contributed by atoms with E-state index in [1.54, 1.807) is 0 Å².